The maximum Gasteiger partial charge on any atom is 0.133 e. The molecule has 1 saturated carbocycles. The monoisotopic (exact) mass is 304 g/mol. The molecule has 0 N–H and O–H groups in total. The first-order valence-corrected chi connectivity index (χ1v) is 7.83. The summed E-state index contributed by atoms with van der Waals surface area (Å²) in [4.78, 5) is 0. The summed E-state index contributed by atoms with van der Waals surface area (Å²) in [6.45, 7) is 4.26. The zero-order chi connectivity index (χ0) is 14.3. The van der Waals surface area contributed by atoms with Crippen LogP contribution in [-0.4, -0.2) is 4.33 Å². The van der Waals surface area contributed by atoms with Crippen LogP contribution in [-0.2, 0) is 6.42 Å². The van der Waals surface area contributed by atoms with Gasteiger partial charge in [-0.25, -0.2) is 0 Å². The van der Waals surface area contributed by atoms with Gasteiger partial charge >= 0.3 is 0 Å². The third kappa shape index (κ3) is 2.36. The van der Waals surface area contributed by atoms with E-state index in [0.29, 0.717) is 0 Å². The van der Waals surface area contributed by atoms with Crippen LogP contribution in [0.2, 0.25) is 0 Å². The van der Waals surface area contributed by atoms with E-state index in [4.69, 9.17) is 23.2 Å². The highest BCUT2D eigenvalue weighted by Crippen LogP contribution is 2.70. The van der Waals surface area contributed by atoms with Crippen LogP contribution in [0.1, 0.15) is 41.0 Å². The Kier molecular flexibility index (Phi) is 3.56. The second-order valence-corrected chi connectivity index (χ2v) is 7.08. The summed E-state index contributed by atoms with van der Waals surface area (Å²) in [6.07, 6.45) is 1.05. The molecule has 0 bridgehead atoms. The van der Waals surface area contributed by atoms with Gasteiger partial charge in [0, 0.05) is 11.8 Å². The molecule has 20 heavy (non-hydrogen) atoms. The molecule has 3 rings (SSSR count). The largest absolute Gasteiger partial charge is 0.133 e. The fourth-order valence-electron chi connectivity index (χ4n) is 2.98. The van der Waals surface area contributed by atoms with E-state index < -0.39 is 4.33 Å². The van der Waals surface area contributed by atoms with Crippen molar-refractivity contribution in [2.45, 2.75) is 36.4 Å². The second kappa shape index (κ2) is 5.09. The van der Waals surface area contributed by atoms with Crippen molar-refractivity contribution in [3.63, 3.8) is 0 Å². The zero-order valence-corrected chi connectivity index (χ0v) is 13.2. The molecule has 0 aliphatic heterocycles. The minimum atomic E-state index is -0.679. The van der Waals surface area contributed by atoms with Gasteiger partial charge in [0.25, 0.3) is 0 Å². The van der Waals surface area contributed by atoms with Crippen LogP contribution < -0.4 is 0 Å². The van der Waals surface area contributed by atoms with Crippen molar-refractivity contribution in [3.8, 4) is 0 Å². The van der Waals surface area contributed by atoms with Crippen LogP contribution in [0.25, 0.3) is 0 Å². The Balaban J connectivity index is 1.90. The predicted octanol–water partition coefficient (Wildman–Crippen LogP) is 5.61. The molecule has 2 aromatic rings. The molecule has 0 spiro atoms. The summed E-state index contributed by atoms with van der Waals surface area (Å²) >= 11 is 13.1. The van der Waals surface area contributed by atoms with Gasteiger partial charge in [0.2, 0.25) is 0 Å². The second-order valence-electron chi connectivity index (χ2n) is 5.64. The maximum absolute atomic E-state index is 6.53. The third-order valence-corrected chi connectivity index (χ3v) is 5.14. The van der Waals surface area contributed by atoms with E-state index in [1.807, 2.05) is 0 Å². The Morgan fingerprint density at radius 1 is 0.950 bits per heavy atom. The SMILES string of the molecule is CCc1ccc(C2C(c3cccc(C)c3)C2(Cl)Cl)cc1. The lowest BCUT2D eigenvalue weighted by molar-refractivity contribution is 1.02. The molecule has 1 fully saturated rings. The number of hydrogen-bond acceptors (Lipinski definition) is 0. The molecular formula is C18H18Cl2. The smallest absolute Gasteiger partial charge is 0.100 e. The molecule has 2 aromatic carbocycles. The topological polar surface area (TPSA) is 0 Å². The normalized spacial score (nSPS) is 23.6. The quantitative estimate of drug-likeness (QED) is 0.646. The minimum Gasteiger partial charge on any atom is -0.100 e. The van der Waals surface area contributed by atoms with Crippen LogP contribution in [0.15, 0.2) is 48.5 Å². The lowest BCUT2D eigenvalue weighted by atomic mass is 10.0. The van der Waals surface area contributed by atoms with Crippen molar-refractivity contribution in [3.05, 3.63) is 70.8 Å². The van der Waals surface area contributed by atoms with Gasteiger partial charge in [-0.1, -0.05) is 61.0 Å². The minimum absolute atomic E-state index is 0.193. The third-order valence-electron chi connectivity index (χ3n) is 4.20. The van der Waals surface area contributed by atoms with Crippen molar-refractivity contribution in [2.24, 2.45) is 0 Å². The van der Waals surface area contributed by atoms with E-state index >= 15 is 0 Å². The molecule has 1 aliphatic carbocycles. The highest BCUT2D eigenvalue weighted by atomic mass is 35.5. The highest BCUT2D eigenvalue weighted by molar-refractivity contribution is 6.52. The molecule has 0 saturated heterocycles. The molecule has 2 atom stereocenters. The zero-order valence-electron chi connectivity index (χ0n) is 11.7. The molecule has 2 heteroatoms. The number of alkyl halides is 2. The van der Waals surface area contributed by atoms with E-state index in [9.17, 15) is 0 Å². The summed E-state index contributed by atoms with van der Waals surface area (Å²) < 4.78 is -0.679. The number of hydrogen-bond donors (Lipinski definition) is 0. The molecule has 0 radical (unpaired) electrons. The molecule has 0 amide bonds. The lowest BCUT2D eigenvalue weighted by Gasteiger charge is -2.03. The molecule has 0 heterocycles. The molecule has 0 aromatic heterocycles. The van der Waals surface area contributed by atoms with Crippen LogP contribution >= 0.6 is 23.2 Å². The Morgan fingerprint density at radius 2 is 1.60 bits per heavy atom. The van der Waals surface area contributed by atoms with Crippen molar-refractivity contribution in [1.29, 1.82) is 0 Å². The number of rotatable bonds is 3. The van der Waals surface area contributed by atoms with Crippen molar-refractivity contribution in [1.82, 2.24) is 0 Å². The maximum atomic E-state index is 6.53. The van der Waals surface area contributed by atoms with Crippen LogP contribution in [0.3, 0.4) is 0 Å². The fraction of sp³-hybridized carbons (Fsp3) is 0.333. The Bertz CT molecular complexity index is 614. The first-order valence-electron chi connectivity index (χ1n) is 7.07. The summed E-state index contributed by atoms with van der Waals surface area (Å²) in [5.74, 6) is 0.386. The van der Waals surface area contributed by atoms with E-state index in [0.717, 1.165) is 6.42 Å². The summed E-state index contributed by atoms with van der Waals surface area (Å²) in [7, 11) is 0. The predicted molar refractivity (Wildman–Crippen MR) is 86.9 cm³/mol. The Labute approximate surface area is 130 Å². The highest BCUT2D eigenvalue weighted by Gasteiger charge is 2.64. The van der Waals surface area contributed by atoms with E-state index in [-0.39, 0.29) is 11.8 Å². The van der Waals surface area contributed by atoms with Crippen LogP contribution in [0.5, 0.6) is 0 Å². The molecule has 2 unspecified atom stereocenters. The summed E-state index contributed by atoms with van der Waals surface area (Å²) in [5.41, 5.74) is 5.06. The van der Waals surface area contributed by atoms with Gasteiger partial charge in [-0.05, 0) is 30.0 Å². The van der Waals surface area contributed by atoms with Crippen molar-refractivity contribution in [2.75, 3.05) is 0 Å². The molecule has 0 nitrogen and oxygen atoms in total. The van der Waals surface area contributed by atoms with Gasteiger partial charge in [0.05, 0.1) is 0 Å². The number of aryl methyl sites for hydroxylation is 2. The Morgan fingerprint density at radius 3 is 2.20 bits per heavy atom. The molecule has 104 valence electrons. The van der Waals surface area contributed by atoms with Gasteiger partial charge in [-0.2, -0.15) is 0 Å². The van der Waals surface area contributed by atoms with Gasteiger partial charge < -0.3 is 0 Å². The Hall–Kier alpha value is -0.980. The van der Waals surface area contributed by atoms with Gasteiger partial charge in [0.1, 0.15) is 4.33 Å². The van der Waals surface area contributed by atoms with Crippen molar-refractivity contribution < 1.29 is 0 Å². The molecule has 1 aliphatic rings. The van der Waals surface area contributed by atoms with Gasteiger partial charge in [0.15, 0.2) is 0 Å². The average Bonchev–Trinajstić information content (AvgIpc) is 3.01. The van der Waals surface area contributed by atoms with Crippen LogP contribution in [0, 0.1) is 6.92 Å². The van der Waals surface area contributed by atoms with Crippen LogP contribution in [0.4, 0.5) is 0 Å². The summed E-state index contributed by atoms with van der Waals surface area (Å²) in [6, 6.07) is 17.2. The van der Waals surface area contributed by atoms with Gasteiger partial charge in [-0.15, -0.1) is 23.2 Å². The average molecular weight is 305 g/mol. The first kappa shape index (κ1) is 14.0. The van der Waals surface area contributed by atoms with E-state index in [1.165, 1.54) is 22.3 Å². The van der Waals surface area contributed by atoms with E-state index in [2.05, 4.69) is 62.4 Å². The van der Waals surface area contributed by atoms with Crippen molar-refractivity contribution >= 4 is 23.2 Å². The standard InChI is InChI=1S/C18H18Cl2/c1-3-13-7-9-14(10-8-13)16-17(18(16,19)20)15-6-4-5-12(2)11-15/h4-11,16-17H,3H2,1-2H3. The van der Waals surface area contributed by atoms with Gasteiger partial charge in [-0.3, -0.25) is 0 Å². The molecular weight excluding hydrogens is 287 g/mol. The van der Waals surface area contributed by atoms with E-state index in [1.54, 1.807) is 0 Å². The first-order chi connectivity index (χ1) is 9.54. The lowest BCUT2D eigenvalue weighted by Crippen LogP contribution is -1.91. The fourth-order valence-corrected chi connectivity index (χ4v) is 3.86. The number of benzene rings is 2. The summed E-state index contributed by atoms with van der Waals surface area (Å²) in [5, 5.41) is 0. The number of halogens is 2.